The summed E-state index contributed by atoms with van der Waals surface area (Å²) in [4.78, 5) is 14.7. The van der Waals surface area contributed by atoms with Gasteiger partial charge in [0.05, 0.1) is 7.11 Å². The topological polar surface area (TPSA) is 75.1 Å². The Balaban J connectivity index is 2.80. The van der Waals surface area contributed by atoms with Crippen molar-refractivity contribution in [3.05, 3.63) is 10.4 Å². The molecule has 5 nitrogen and oxygen atoms in total. The molecule has 0 unspecified atom stereocenters. The van der Waals surface area contributed by atoms with E-state index in [2.05, 4.69) is 10.0 Å². The lowest BCUT2D eigenvalue weighted by Gasteiger charge is -2.26. The fourth-order valence-electron chi connectivity index (χ4n) is 2.46. The second-order valence-electron chi connectivity index (χ2n) is 4.69. The van der Waals surface area contributed by atoms with Crippen LogP contribution in [0.25, 0.3) is 10.4 Å². The van der Waals surface area contributed by atoms with Gasteiger partial charge >= 0.3 is 5.97 Å². The van der Waals surface area contributed by atoms with Crippen LogP contribution in [0.15, 0.2) is 5.11 Å². The molecule has 0 amide bonds. The molecule has 96 valence electrons. The normalized spacial score (nSPS) is 21.0. The Hall–Kier alpha value is -1.22. The molecule has 1 fully saturated rings. The summed E-state index contributed by atoms with van der Waals surface area (Å²) in [6.07, 6.45) is 8.95. The van der Waals surface area contributed by atoms with Crippen LogP contribution in [-0.2, 0) is 9.53 Å². The zero-order chi connectivity index (χ0) is 12.6. The largest absolute Gasteiger partial charge is 0.468 e. The number of carbonyl (C=O) groups excluding carboxylic acids is 1. The van der Waals surface area contributed by atoms with Crippen molar-refractivity contribution in [2.24, 2.45) is 5.11 Å². The predicted octanol–water partition coefficient (Wildman–Crippen LogP) is 3.73. The molecule has 0 spiro atoms. The van der Waals surface area contributed by atoms with E-state index in [0.29, 0.717) is 12.8 Å². The minimum absolute atomic E-state index is 0.379. The number of azide groups is 1. The molecule has 0 aromatic rings. The summed E-state index contributed by atoms with van der Waals surface area (Å²) in [6, 6.07) is 0. The quantitative estimate of drug-likeness (QED) is 0.318. The van der Waals surface area contributed by atoms with E-state index in [1.165, 1.54) is 26.4 Å². The maximum absolute atomic E-state index is 11.9. The van der Waals surface area contributed by atoms with Gasteiger partial charge in [0, 0.05) is 4.91 Å². The van der Waals surface area contributed by atoms with E-state index in [9.17, 15) is 4.79 Å². The Bertz CT molecular complexity index is 288. The van der Waals surface area contributed by atoms with Crippen LogP contribution in [0, 0.1) is 0 Å². The molecule has 17 heavy (non-hydrogen) atoms. The van der Waals surface area contributed by atoms with Crippen molar-refractivity contribution < 1.29 is 9.53 Å². The summed E-state index contributed by atoms with van der Waals surface area (Å²) in [7, 11) is 1.36. The smallest absolute Gasteiger partial charge is 0.317 e. The number of ether oxygens (including phenoxy) is 1. The lowest BCUT2D eigenvalue weighted by atomic mass is 9.86. The van der Waals surface area contributed by atoms with Crippen LogP contribution in [0.3, 0.4) is 0 Å². The number of hydrogen-bond acceptors (Lipinski definition) is 3. The van der Waals surface area contributed by atoms with Gasteiger partial charge in [-0.25, -0.2) is 0 Å². The van der Waals surface area contributed by atoms with Crippen molar-refractivity contribution in [2.75, 3.05) is 7.11 Å². The predicted molar refractivity (Wildman–Crippen MR) is 65.4 cm³/mol. The van der Waals surface area contributed by atoms with Gasteiger partial charge in [-0.3, -0.25) is 4.79 Å². The zero-order valence-corrected chi connectivity index (χ0v) is 10.5. The molecule has 0 bridgehead atoms. The molecule has 0 heterocycles. The summed E-state index contributed by atoms with van der Waals surface area (Å²) in [5, 5.41) is 3.77. The number of esters is 1. The van der Waals surface area contributed by atoms with E-state index >= 15 is 0 Å². The van der Waals surface area contributed by atoms with Gasteiger partial charge in [-0.2, -0.15) is 0 Å². The van der Waals surface area contributed by atoms with Crippen molar-refractivity contribution in [1.29, 1.82) is 0 Å². The summed E-state index contributed by atoms with van der Waals surface area (Å²) >= 11 is 0. The van der Waals surface area contributed by atoms with E-state index < -0.39 is 5.54 Å². The summed E-state index contributed by atoms with van der Waals surface area (Å²) < 4.78 is 4.81. The third kappa shape index (κ3) is 3.93. The molecule has 0 saturated heterocycles. The SMILES string of the molecule is COC(=O)C1(N=[N+]=[N-])CCCCCCCCC1. The van der Waals surface area contributed by atoms with Gasteiger partial charge in [0.25, 0.3) is 0 Å². The van der Waals surface area contributed by atoms with Crippen molar-refractivity contribution >= 4 is 5.97 Å². The van der Waals surface area contributed by atoms with Gasteiger partial charge in [-0.05, 0) is 18.4 Å². The van der Waals surface area contributed by atoms with Crippen LogP contribution in [0.1, 0.15) is 57.8 Å². The Morgan fingerprint density at radius 2 is 1.59 bits per heavy atom. The van der Waals surface area contributed by atoms with Crippen LogP contribution in [0.2, 0.25) is 0 Å². The molecule has 5 heteroatoms. The van der Waals surface area contributed by atoms with Crippen molar-refractivity contribution in [2.45, 2.75) is 63.3 Å². The monoisotopic (exact) mass is 239 g/mol. The number of nitrogens with zero attached hydrogens (tertiary/aromatic N) is 3. The van der Waals surface area contributed by atoms with Crippen molar-refractivity contribution in [1.82, 2.24) is 0 Å². The van der Waals surface area contributed by atoms with Gasteiger partial charge in [0.15, 0.2) is 0 Å². The molecule has 1 aliphatic carbocycles. The highest BCUT2D eigenvalue weighted by Gasteiger charge is 2.37. The van der Waals surface area contributed by atoms with E-state index in [1.807, 2.05) is 0 Å². The summed E-state index contributed by atoms with van der Waals surface area (Å²) in [5.74, 6) is -0.379. The molecule has 1 saturated carbocycles. The average Bonchev–Trinajstić information content (AvgIpc) is 2.36. The zero-order valence-electron chi connectivity index (χ0n) is 10.5. The highest BCUT2D eigenvalue weighted by atomic mass is 16.5. The van der Waals surface area contributed by atoms with Gasteiger partial charge in [-0.1, -0.05) is 50.1 Å². The van der Waals surface area contributed by atoms with Gasteiger partial charge in [0.1, 0.15) is 5.54 Å². The van der Waals surface area contributed by atoms with Gasteiger partial charge in [0.2, 0.25) is 0 Å². The maximum atomic E-state index is 11.9. The first-order valence-electron chi connectivity index (χ1n) is 6.40. The van der Waals surface area contributed by atoms with E-state index in [4.69, 9.17) is 10.3 Å². The van der Waals surface area contributed by atoms with Crippen LogP contribution < -0.4 is 0 Å². The second kappa shape index (κ2) is 7.17. The van der Waals surface area contributed by atoms with E-state index in [-0.39, 0.29) is 5.97 Å². The molecule has 1 aliphatic rings. The van der Waals surface area contributed by atoms with Gasteiger partial charge < -0.3 is 4.74 Å². The highest BCUT2D eigenvalue weighted by Crippen LogP contribution is 2.30. The average molecular weight is 239 g/mol. The molecule has 1 rings (SSSR count). The second-order valence-corrected chi connectivity index (χ2v) is 4.69. The van der Waals surface area contributed by atoms with Crippen LogP contribution in [0.4, 0.5) is 0 Å². The Labute approximate surface area is 102 Å². The first kappa shape index (κ1) is 13.8. The lowest BCUT2D eigenvalue weighted by Crippen LogP contribution is -2.37. The first-order chi connectivity index (χ1) is 8.25. The Morgan fingerprint density at radius 3 is 2.00 bits per heavy atom. The minimum atomic E-state index is -0.957. The molecule has 0 aromatic heterocycles. The minimum Gasteiger partial charge on any atom is -0.468 e. The standard InChI is InChI=1S/C12H21N3O2/c1-17-11(16)12(14-15-13)9-7-5-3-2-4-6-8-10-12/h2-10H2,1H3. The number of rotatable bonds is 2. The third-order valence-corrected chi connectivity index (χ3v) is 3.48. The molecule has 0 N–H and O–H groups in total. The molecule has 0 aromatic carbocycles. The Morgan fingerprint density at radius 1 is 1.12 bits per heavy atom. The van der Waals surface area contributed by atoms with Crippen LogP contribution >= 0.6 is 0 Å². The molecule has 0 atom stereocenters. The van der Waals surface area contributed by atoms with E-state index in [1.54, 1.807) is 0 Å². The fraction of sp³-hybridized carbons (Fsp3) is 0.917. The number of methoxy groups -OCH3 is 1. The van der Waals surface area contributed by atoms with E-state index in [0.717, 1.165) is 25.7 Å². The highest BCUT2D eigenvalue weighted by molar-refractivity contribution is 5.80. The first-order valence-corrected chi connectivity index (χ1v) is 6.40. The van der Waals surface area contributed by atoms with Crippen LogP contribution in [0.5, 0.6) is 0 Å². The molecule has 0 radical (unpaired) electrons. The molecular weight excluding hydrogens is 218 g/mol. The van der Waals surface area contributed by atoms with Crippen molar-refractivity contribution in [3.63, 3.8) is 0 Å². The van der Waals surface area contributed by atoms with Crippen LogP contribution in [-0.4, -0.2) is 18.6 Å². The molecule has 0 aliphatic heterocycles. The number of carbonyl (C=O) groups is 1. The third-order valence-electron chi connectivity index (χ3n) is 3.48. The maximum Gasteiger partial charge on any atom is 0.317 e. The van der Waals surface area contributed by atoms with Gasteiger partial charge in [-0.15, -0.1) is 0 Å². The summed E-state index contributed by atoms with van der Waals surface area (Å²) in [6.45, 7) is 0. The lowest BCUT2D eigenvalue weighted by molar-refractivity contribution is -0.147. The fourth-order valence-corrected chi connectivity index (χ4v) is 2.46. The Kier molecular flexibility index (Phi) is 5.84. The molecular formula is C12H21N3O2. The number of hydrogen-bond donors (Lipinski definition) is 0. The summed E-state index contributed by atoms with van der Waals surface area (Å²) in [5.41, 5.74) is 7.71. The van der Waals surface area contributed by atoms with Crippen molar-refractivity contribution in [3.8, 4) is 0 Å².